The average Bonchev–Trinajstić information content (AvgIpc) is 2.34. The first-order valence-electron chi connectivity index (χ1n) is 6.00. The molecule has 1 aromatic rings. The van der Waals surface area contributed by atoms with Gasteiger partial charge in [0.15, 0.2) is 0 Å². The van der Waals surface area contributed by atoms with Gasteiger partial charge in [-0.1, -0.05) is 29.8 Å². The van der Waals surface area contributed by atoms with Crippen molar-refractivity contribution in [1.29, 1.82) is 0 Å². The minimum absolute atomic E-state index is 0.144. The molecule has 0 heterocycles. The van der Waals surface area contributed by atoms with Crippen LogP contribution in [-0.2, 0) is 9.53 Å². The summed E-state index contributed by atoms with van der Waals surface area (Å²) in [5, 5.41) is 3.40. The molecule has 0 bridgehead atoms. The van der Waals surface area contributed by atoms with Crippen molar-refractivity contribution in [1.82, 2.24) is 5.32 Å². The number of methoxy groups -OCH3 is 1. The minimum atomic E-state index is -0.144. The summed E-state index contributed by atoms with van der Waals surface area (Å²) in [4.78, 5) is 10.9. The van der Waals surface area contributed by atoms with Crippen LogP contribution in [-0.4, -0.2) is 19.6 Å². The molecule has 1 N–H and O–H groups in total. The van der Waals surface area contributed by atoms with E-state index in [9.17, 15) is 4.79 Å². The van der Waals surface area contributed by atoms with Crippen molar-refractivity contribution < 1.29 is 9.53 Å². The number of esters is 1. The van der Waals surface area contributed by atoms with Crippen molar-refractivity contribution in [2.24, 2.45) is 0 Å². The predicted octanol–water partition coefficient (Wildman–Crippen LogP) is 2.60. The Balaban J connectivity index is 2.30. The van der Waals surface area contributed by atoms with Gasteiger partial charge in [-0.3, -0.25) is 4.79 Å². The van der Waals surface area contributed by atoms with Gasteiger partial charge < -0.3 is 10.1 Å². The first-order valence-corrected chi connectivity index (χ1v) is 6.00. The van der Waals surface area contributed by atoms with Crippen molar-refractivity contribution in [3.05, 3.63) is 35.4 Å². The topological polar surface area (TPSA) is 38.3 Å². The molecular formula is C14H21NO2. The number of hydrogen-bond acceptors (Lipinski definition) is 3. The number of hydrogen-bond donors (Lipinski definition) is 1. The van der Waals surface area contributed by atoms with E-state index in [4.69, 9.17) is 0 Å². The summed E-state index contributed by atoms with van der Waals surface area (Å²) >= 11 is 0. The lowest BCUT2D eigenvalue weighted by Crippen LogP contribution is -2.20. The molecule has 3 heteroatoms. The minimum Gasteiger partial charge on any atom is -0.469 e. The predicted molar refractivity (Wildman–Crippen MR) is 68.8 cm³/mol. The fourth-order valence-corrected chi connectivity index (χ4v) is 1.71. The molecule has 0 saturated heterocycles. The third-order valence-corrected chi connectivity index (χ3v) is 2.78. The highest BCUT2D eigenvalue weighted by Crippen LogP contribution is 2.13. The van der Waals surface area contributed by atoms with Crippen molar-refractivity contribution in [2.45, 2.75) is 32.7 Å². The van der Waals surface area contributed by atoms with E-state index in [0.29, 0.717) is 12.5 Å². The van der Waals surface area contributed by atoms with Crippen LogP contribution in [0, 0.1) is 6.92 Å². The van der Waals surface area contributed by atoms with E-state index in [1.165, 1.54) is 18.2 Å². The molecule has 0 aliphatic rings. The Labute approximate surface area is 103 Å². The monoisotopic (exact) mass is 235 g/mol. The van der Waals surface area contributed by atoms with Gasteiger partial charge in [-0.2, -0.15) is 0 Å². The molecule has 1 aromatic carbocycles. The largest absolute Gasteiger partial charge is 0.469 e. The van der Waals surface area contributed by atoms with Gasteiger partial charge in [-0.15, -0.1) is 0 Å². The van der Waals surface area contributed by atoms with Gasteiger partial charge in [-0.25, -0.2) is 0 Å². The number of ether oxygens (including phenoxy) is 1. The molecule has 0 amide bonds. The van der Waals surface area contributed by atoms with Crippen LogP contribution in [0.2, 0.25) is 0 Å². The molecule has 0 saturated carbocycles. The Kier molecular flexibility index (Phi) is 5.70. The molecule has 0 aromatic heterocycles. The summed E-state index contributed by atoms with van der Waals surface area (Å²) in [7, 11) is 1.42. The summed E-state index contributed by atoms with van der Waals surface area (Å²) in [6.07, 6.45) is 1.28. The van der Waals surface area contributed by atoms with Crippen molar-refractivity contribution >= 4 is 5.97 Å². The molecule has 94 valence electrons. The van der Waals surface area contributed by atoms with Crippen LogP contribution in [0.25, 0.3) is 0 Å². The van der Waals surface area contributed by atoms with E-state index in [2.05, 4.69) is 48.2 Å². The van der Waals surface area contributed by atoms with Crippen LogP contribution in [0.5, 0.6) is 0 Å². The van der Waals surface area contributed by atoms with E-state index >= 15 is 0 Å². The Hall–Kier alpha value is -1.35. The second-order valence-corrected chi connectivity index (χ2v) is 4.27. The van der Waals surface area contributed by atoms with Gasteiger partial charge >= 0.3 is 5.97 Å². The smallest absolute Gasteiger partial charge is 0.305 e. The first-order chi connectivity index (χ1) is 8.13. The standard InChI is InChI=1S/C14H21NO2/c1-11-6-4-7-13(10-11)12(2)15-9-5-8-14(16)17-3/h4,6-7,10,12,15H,5,8-9H2,1-3H3. The summed E-state index contributed by atoms with van der Waals surface area (Å²) < 4.78 is 4.59. The van der Waals surface area contributed by atoms with Crippen LogP contribution in [0.3, 0.4) is 0 Å². The number of aryl methyl sites for hydroxylation is 1. The molecule has 1 atom stereocenters. The van der Waals surface area contributed by atoms with E-state index in [1.807, 2.05) is 0 Å². The van der Waals surface area contributed by atoms with E-state index in [-0.39, 0.29) is 5.97 Å². The number of benzene rings is 1. The quantitative estimate of drug-likeness (QED) is 0.608. The first kappa shape index (κ1) is 13.7. The Morgan fingerprint density at radius 2 is 2.24 bits per heavy atom. The molecule has 0 aliphatic heterocycles. The van der Waals surface area contributed by atoms with Crippen LogP contribution < -0.4 is 5.32 Å². The Bertz CT molecular complexity index is 363. The third kappa shape index (κ3) is 5.00. The summed E-state index contributed by atoms with van der Waals surface area (Å²) in [5.74, 6) is -0.144. The van der Waals surface area contributed by atoms with E-state index in [1.54, 1.807) is 0 Å². The van der Waals surface area contributed by atoms with Gasteiger partial charge in [0.2, 0.25) is 0 Å². The van der Waals surface area contributed by atoms with E-state index in [0.717, 1.165) is 13.0 Å². The summed E-state index contributed by atoms with van der Waals surface area (Å²) in [6, 6.07) is 8.76. The second-order valence-electron chi connectivity index (χ2n) is 4.27. The van der Waals surface area contributed by atoms with E-state index < -0.39 is 0 Å². The zero-order valence-corrected chi connectivity index (χ0v) is 10.8. The SMILES string of the molecule is COC(=O)CCCNC(C)c1cccc(C)c1. The van der Waals surface area contributed by atoms with Crippen molar-refractivity contribution in [3.8, 4) is 0 Å². The highest BCUT2D eigenvalue weighted by Gasteiger charge is 2.05. The summed E-state index contributed by atoms with van der Waals surface area (Å²) in [5.41, 5.74) is 2.55. The van der Waals surface area contributed by atoms with Crippen LogP contribution in [0.15, 0.2) is 24.3 Å². The van der Waals surface area contributed by atoms with Crippen LogP contribution in [0.4, 0.5) is 0 Å². The molecule has 17 heavy (non-hydrogen) atoms. The maximum Gasteiger partial charge on any atom is 0.305 e. The summed E-state index contributed by atoms with van der Waals surface area (Å²) in [6.45, 7) is 5.05. The molecule has 0 radical (unpaired) electrons. The van der Waals surface area contributed by atoms with Gasteiger partial charge in [0, 0.05) is 12.5 Å². The number of nitrogens with one attached hydrogen (secondary N) is 1. The Morgan fingerprint density at radius 3 is 2.88 bits per heavy atom. The van der Waals surface area contributed by atoms with Gasteiger partial charge in [0.1, 0.15) is 0 Å². The number of carbonyl (C=O) groups excluding carboxylic acids is 1. The van der Waals surface area contributed by atoms with Gasteiger partial charge in [0.05, 0.1) is 7.11 Å². The fraction of sp³-hybridized carbons (Fsp3) is 0.500. The normalized spacial score (nSPS) is 12.2. The van der Waals surface area contributed by atoms with Crippen LogP contribution in [0.1, 0.15) is 36.9 Å². The third-order valence-electron chi connectivity index (χ3n) is 2.78. The molecule has 0 fully saturated rings. The van der Waals surface area contributed by atoms with Crippen molar-refractivity contribution in [2.75, 3.05) is 13.7 Å². The maximum atomic E-state index is 10.9. The van der Waals surface area contributed by atoms with Gasteiger partial charge in [-0.05, 0) is 32.4 Å². The number of carbonyl (C=O) groups is 1. The lowest BCUT2D eigenvalue weighted by Gasteiger charge is -2.14. The van der Waals surface area contributed by atoms with Crippen LogP contribution >= 0.6 is 0 Å². The highest BCUT2D eigenvalue weighted by atomic mass is 16.5. The molecule has 0 spiro atoms. The molecule has 3 nitrogen and oxygen atoms in total. The maximum absolute atomic E-state index is 10.9. The zero-order valence-electron chi connectivity index (χ0n) is 10.8. The number of rotatable bonds is 6. The van der Waals surface area contributed by atoms with Gasteiger partial charge in [0.25, 0.3) is 0 Å². The Morgan fingerprint density at radius 1 is 1.47 bits per heavy atom. The lowest BCUT2D eigenvalue weighted by atomic mass is 10.1. The molecule has 0 aliphatic carbocycles. The molecule has 1 rings (SSSR count). The second kappa shape index (κ2) is 7.07. The highest BCUT2D eigenvalue weighted by molar-refractivity contribution is 5.69. The molecule has 1 unspecified atom stereocenters. The molecular weight excluding hydrogens is 214 g/mol. The average molecular weight is 235 g/mol. The zero-order chi connectivity index (χ0) is 12.7. The van der Waals surface area contributed by atoms with Crippen molar-refractivity contribution in [3.63, 3.8) is 0 Å². The lowest BCUT2D eigenvalue weighted by molar-refractivity contribution is -0.140. The fourth-order valence-electron chi connectivity index (χ4n) is 1.71.